The maximum atomic E-state index is 13.8. The molecular formula is C13H14ClFO2. The summed E-state index contributed by atoms with van der Waals surface area (Å²) in [5.41, 5.74) is 0.488. The molecule has 2 rings (SSSR count). The fourth-order valence-corrected chi connectivity index (χ4v) is 2.76. The van der Waals surface area contributed by atoms with Crippen LogP contribution >= 0.6 is 11.6 Å². The van der Waals surface area contributed by atoms with Crippen molar-refractivity contribution in [3.63, 3.8) is 0 Å². The molecule has 0 saturated heterocycles. The van der Waals surface area contributed by atoms with Crippen LogP contribution in [0.25, 0.3) is 0 Å². The molecule has 0 radical (unpaired) electrons. The number of carboxylic acids is 1. The third kappa shape index (κ3) is 2.60. The largest absolute Gasteiger partial charge is 0.481 e. The highest BCUT2D eigenvalue weighted by Gasteiger charge is 2.33. The fraction of sp³-hybridized carbons (Fsp3) is 0.462. The number of carbonyl (C=O) groups is 1. The van der Waals surface area contributed by atoms with Gasteiger partial charge in [0.15, 0.2) is 0 Å². The van der Waals surface area contributed by atoms with Gasteiger partial charge in [0.05, 0.1) is 5.92 Å². The second-order valence-corrected chi connectivity index (χ2v) is 4.94. The van der Waals surface area contributed by atoms with Crippen molar-refractivity contribution in [3.8, 4) is 0 Å². The van der Waals surface area contributed by atoms with Gasteiger partial charge in [0.2, 0.25) is 0 Å². The Kier molecular flexibility index (Phi) is 3.67. The Labute approximate surface area is 104 Å². The number of aliphatic carboxylic acids is 1. The molecule has 2 unspecified atom stereocenters. The van der Waals surface area contributed by atoms with Gasteiger partial charge < -0.3 is 5.11 Å². The van der Waals surface area contributed by atoms with E-state index in [4.69, 9.17) is 16.7 Å². The smallest absolute Gasteiger partial charge is 0.307 e. The van der Waals surface area contributed by atoms with Gasteiger partial charge >= 0.3 is 5.97 Å². The molecule has 0 amide bonds. The summed E-state index contributed by atoms with van der Waals surface area (Å²) in [6.07, 6.45) is 3.22. The summed E-state index contributed by atoms with van der Waals surface area (Å²) in [4.78, 5) is 11.2. The number of rotatable bonds is 2. The SMILES string of the molecule is O=C(O)C1CCCCC1c1ccc(Cl)cc1F. The maximum absolute atomic E-state index is 13.8. The predicted molar refractivity (Wildman–Crippen MR) is 63.7 cm³/mol. The van der Waals surface area contributed by atoms with Gasteiger partial charge in [0.1, 0.15) is 5.82 Å². The Hall–Kier alpha value is -1.09. The van der Waals surface area contributed by atoms with Crippen molar-refractivity contribution in [1.82, 2.24) is 0 Å². The topological polar surface area (TPSA) is 37.3 Å². The normalized spacial score (nSPS) is 24.6. The molecule has 1 N–H and O–H groups in total. The Morgan fingerprint density at radius 2 is 2.06 bits per heavy atom. The van der Waals surface area contributed by atoms with Crippen molar-refractivity contribution in [1.29, 1.82) is 0 Å². The zero-order chi connectivity index (χ0) is 12.4. The Balaban J connectivity index is 2.32. The zero-order valence-corrected chi connectivity index (χ0v) is 10.1. The second kappa shape index (κ2) is 5.05. The number of carboxylic acid groups (broad SMARTS) is 1. The highest BCUT2D eigenvalue weighted by molar-refractivity contribution is 6.30. The van der Waals surface area contributed by atoms with Gasteiger partial charge in [-0.1, -0.05) is 30.5 Å². The Bertz CT molecular complexity index is 433. The first kappa shape index (κ1) is 12.4. The lowest BCUT2D eigenvalue weighted by atomic mass is 9.75. The standard InChI is InChI=1S/C13H14ClFO2/c14-8-5-6-10(12(15)7-8)9-3-1-2-4-11(9)13(16)17/h5-7,9,11H,1-4H2,(H,16,17). The molecule has 1 aliphatic rings. The van der Waals surface area contributed by atoms with E-state index in [0.29, 0.717) is 17.0 Å². The molecule has 2 nitrogen and oxygen atoms in total. The third-order valence-corrected chi connectivity index (χ3v) is 3.68. The summed E-state index contributed by atoms with van der Waals surface area (Å²) in [7, 11) is 0. The van der Waals surface area contributed by atoms with Crippen LogP contribution in [0.5, 0.6) is 0 Å². The first-order valence-electron chi connectivity index (χ1n) is 5.77. The van der Waals surface area contributed by atoms with Crippen molar-refractivity contribution in [2.75, 3.05) is 0 Å². The summed E-state index contributed by atoms with van der Waals surface area (Å²) in [6.45, 7) is 0. The number of benzene rings is 1. The third-order valence-electron chi connectivity index (χ3n) is 3.45. The van der Waals surface area contributed by atoms with E-state index >= 15 is 0 Å². The van der Waals surface area contributed by atoms with Gasteiger partial charge in [-0.15, -0.1) is 0 Å². The van der Waals surface area contributed by atoms with E-state index in [1.54, 1.807) is 12.1 Å². The van der Waals surface area contributed by atoms with Gasteiger partial charge in [-0.25, -0.2) is 4.39 Å². The van der Waals surface area contributed by atoms with Crippen LogP contribution in [-0.2, 0) is 4.79 Å². The minimum Gasteiger partial charge on any atom is -0.481 e. The molecule has 92 valence electrons. The summed E-state index contributed by atoms with van der Waals surface area (Å²) in [6, 6.07) is 4.49. The quantitative estimate of drug-likeness (QED) is 0.873. The number of hydrogen-bond acceptors (Lipinski definition) is 1. The van der Waals surface area contributed by atoms with Gasteiger partial charge in [-0.2, -0.15) is 0 Å². The van der Waals surface area contributed by atoms with Crippen LogP contribution in [0.4, 0.5) is 4.39 Å². The highest BCUT2D eigenvalue weighted by Crippen LogP contribution is 2.39. The van der Waals surface area contributed by atoms with E-state index in [1.165, 1.54) is 6.07 Å². The number of halogens is 2. The fourth-order valence-electron chi connectivity index (χ4n) is 2.60. The van der Waals surface area contributed by atoms with Crippen LogP contribution in [0, 0.1) is 11.7 Å². The summed E-state index contributed by atoms with van der Waals surface area (Å²) >= 11 is 5.70. The van der Waals surface area contributed by atoms with Crippen molar-refractivity contribution >= 4 is 17.6 Å². The number of hydrogen-bond donors (Lipinski definition) is 1. The molecule has 17 heavy (non-hydrogen) atoms. The predicted octanol–water partition coefficient (Wildman–Crippen LogP) is 3.84. The monoisotopic (exact) mass is 256 g/mol. The minimum atomic E-state index is -0.830. The van der Waals surface area contributed by atoms with Gasteiger partial charge in [-0.3, -0.25) is 4.79 Å². The molecular weight excluding hydrogens is 243 g/mol. The molecule has 1 fully saturated rings. The molecule has 0 aromatic heterocycles. The van der Waals surface area contributed by atoms with Gasteiger partial charge in [0, 0.05) is 10.9 Å². The van der Waals surface area contributed by atoms with Gasteiger partial charge in [-0.05, 0) is 30.5 Å². The van der Waals surface area contributed by atoms with E-state index in [2.05, 4.69) is 0 Å². The molecule has 2 atom stereocenters. The molecule has 1 saturated carbocycles. The summed E-state index contributed by atoms with van der Waals surface area (Å²) in [5.74, 6) is -1.92. The Morgan fingerprint density at radius 3 is 2.71 bits per heavy atom. The van der Waals surface area contributed by atoms with Crippen molar-refractivity contribution < 1.29 is 14.3 Å². The summed E-state index contributed by atoms with van der Waals surface area (Å²) < 4.78 is 13.8. The highest BCUT2D eigenvalue weighted by atomic mass is 35.5. The minimum absolute atomic E-state index is 0.224. The molecule has 0 heterocycles. The maximum Gasteiger partial charge on any atom is 0.307 e. The van der Waals surface area contributed by atoms with Crippen molar-refractivity contribution in [2.24, 2.45) is 5.92 Å². The first-order chi connectivity index (χ1) is 8.09. The molecule has 0 spiro atoms. The Morgan fingerprint density at radius 1 is 1.35 bits per heavy atom. The molecule has 1 aromatic carbocycles. The molecule has 4 heteroatoms. The first-order valence-corrected chi connectivity index (χ1v) is 6.15. The van der Waals surface area contributed by atoms with E-state index in [9.17, 15) is 9.18 Å². The molecule has 0 bridgehead atoms. The summed E-state index contributed by atoms with van der Waals surface area (Å²) in [5, 5.41) is 9.51. The van der Waals surface area contributed by atoms with Gasteiger partial charge in [0.25, 0.3) is 0 Å². The van der Waals surface area contributed by atoms with E-state index < -0.39 is 17.7 Å². The molecule has 1 aromatic rings. The van der Waals surface area contributed by atoms with Crippen LogP contribution in [-0.4, -0.2) is 11.1 Å². The van der Waals surface area contributed by atoms with E-state index in [1.807, 2.05) is 0 Å². The lowest BCUT2D eigenvalue weighted by Crippen LogP contribution is -2.26. The second-order valence-electron chi connectivity index (χ2n) is 4.50. The van der Waals surface area contributed by atoms with Crippen LogP contribution in [0.2, 0.25) is 5.02 Å². The lowest BCUT2D eigenvalue weighted by Gasteiger charge is -2.29. The van der Waals surface area contributed by atoms with Crippen LogP contribution in [0.3, 0.4) is 0 Å². The molecule has 0 aliphatic heterocycles. The van der Waals surface area contributed by atoms with Crippen LogP contribution in [0.15, 0.2) is 18.2 Å². The van der Waals surface area contributed by atoms with E-state index in [-0.39, 0.29) is 5.92 Å². The van der Waals surface area contributed by atoms with Crippen molar-refractivity contribution in [2.45, 2.75) is 31.6 Å². The molecule has 1 aliphatic carbocycles. The zero-order valence-electron chi connectivity index (χ0n) is 9.33. The average molecular weight is 257 g/mol. The van der Waals surface area contributed by atoms with Crippen LogP contribution < -0.4 is 0 Å². The van der Waals surface area contributed by atoms with E-state index in [0.717, 1.165) is 19.3 Å². The van der Waals surface area contributed by atoms with Crippen molar-refractivity contribution in [3.05, 3.63) is 34.6 Å². The average Bonchev–Trinajstić information content (AvgIpc) is 2.29. The lowest BCUT2D eigenvalue weighted by molar-refractivity contribution is -0.143. The van der Waals surface area contributed by atoms with Crippen LogP contribution in [0.1, 0.15) is 37.2 Å².